The van der Waals surface area contributed by atoms with Gasteiger partial charge in [-0.3, -0.25) is 0 Å². The molecule has 70 valence electrons. The van der Waals surface area contributed by atoms with Crippen LogP contribution in [-0.4, -0.2) is 6.98 Å². The van der Waals surface area contributed by atoms with E-state index in [9.17, 15) is 12.9 Å². The molecule has 0 spiro atoms. The quantitative estimate of drug-likeness (QED) is 0.590. The third kappa shape index (κ3) is 1.57. The number of fused-ring (bicyclic) bond motifs is 1. The van der Waals surface area contributed by atoms with Crippen LogP contribution in [0.3, 0.4) is 0 Å². The molecule has 1 aliphatic carbocycles. The van der Waals surface area contributed by atoms with Crippen LogP contribution in [0.2, 0.25) is 5.82 Å². The van der Waals surface area contributed by atoms with Gasteiger partial charge in [-0.05, 0) is 24.0 Å². The Morgan fingerprint density at radius 1 is 1.00 bits per heavy atom. The van der Waals surface area contributed by atoms with Gasteiger partial charge in [0.25, 0.3) is 0 Å². The Kier molecular flexibility index (Phi) is 1.86. The molecular formula is C9H9BF3-. The first-order chi connectivity index (χ1) is 6.07. The van der Waals surface area contributed by atoms with E-state index in [0.717, 1.165) is 11.1 Å². The van der Waals surface area contributed by atoms with Crippen LogP contribution < -0.4 is 0 Å². The third-order valence-electron chi connectivity index (χ3n) is 2.62. The summed E-state index contributed by atoms with van der Waals surface area (Å²) in [4.78, 5) is 0. The molecule has 1 aromatic rings. The summed E-state index contributed by atoms with van der Waals surface area (Å²) < 4.78 is 37.2. The first-order valence-corrected chi connectivity index (χ1v) is 4.34. The molecular weight excluding hydrogens is 176 g/mol. The zero-order chi connectivity index (χ0) is 9.47. The van der Waals surface area contributed by atoms with E-state index in [1.807, 2.05) is 0 Å². The van der Waals surface area contributed by atoms with Gasteiger partial charge in [0, 0.05) is 0 Å². The molecule has 4 heteroatoms. The van der Waals surface area contributed by atoms with E-state index < -0.39 is 12.8 Å². The molecule has 0 saturated carbocycles. The summed E-state index contributed by atoms with van der Waals surface area (Å²) >= 11 is 0. The molecule has 0 nitrogen and oxygen atoms in total. The highest BCUT2D eigenvalue weighted by atomic mass is 19.4. The van der Waals surface area contributed by atoms with Crippen LogP contribution in [0.25, 0.3) is 0 Å². The minimum atomic E-state index is -4.66. The SMILES string of the molecule is F[B-](F)(F)C1Cc2ccccc2C1. The highest BCUT2D eigenvalue weighted by molar-refractivity contribution is 6.60. The molecule has 0 amide bonds. The smallest absolute Gasteiger partial charge is 0.449 e. The lowest BCUT2D eigenvalue weighted by molar-refractivity contribution is 0.435. The topological polar surface area (TPSA) is 0 Å². The minimum absolute atomic E-state index is 0.180. The van der Waals surface area contributed by atoms with E-state index in [0.29, 0.717) is 0 Å². The van der Waals surface area contributed by atoms with Crippen LogP contribution in [0, 0.1) is 0 Å². The van der Waals surface area contributed by atoms with E-state index in [-0.39, 0.29) is 12.8 Å². The number of halogens is 3. The van der Waals surface area contributed by atoms with E-state index in [1.165, 1.54) is 0 Å². The maximum atomic E-state index is 12.4. The molecule has 1 aliphatic rings. The van der Waals surface area contributed by atoms with Crippen molar-refractivity contribution in [3.63, 3.8) is 0 Å². The molecule has 0 heterocycles. The average Bonchev–Trinajstić information content (AvgIpc) is 2.45. The molecule has 0 radical (unpaired) electrons. The normalized spacial score (nSPS) is 17.5. The van der Waals surface area contributed by atoms with Crippen molar-refractivity contribution in [1.82, 2.24) is 0 Å². The summed E-state index contributed by atoms with van der Waals surface area (Å²) in [5.74, 6) is -1.10. The number of benzene rings is 1. The Morgan fingerprint density at radius 2 is 1.46 bits per heavy atom. The summed E-state index contributed by atoms with van der Waals surface area (Å²) in [6.45, 7) is -4.66. The zero-order valence-electron chi connectivity index (χ0n) is 7.01. The maximum absolute atomic E-state index is 12.4. The molecule has 0 fully saturated rings. The van der Waals surface area contributed by atoms with Crippen molar-refractivity contribution in [2.45, 2.75) is 18.7 Å². The second-order valence-corrected chi connectivity index (χ2v) is 3.56. The molecule has 0 unspecified atom stereocenters. The van der Waals surface area contributed by atoms with Gasteiger partial charge in [-0.1, -0.05) is 30.1 Å². The van der Waals surface area contributed by atoms with Gasteiger partial charge < -0.3 is 12.9 Å². The highest BCUT2D eigenvalue weighted by Gasteiger charge is 2.38. The van der Waals surface area contributed by atoms with Gasteiger partial charge in [0.1, 0.15) is 0 Å². The van der Waals surface area contributed by atoms with Crippen molar-refractivity contribution in [3.05, 3.63) is 35.4 Å². The van der Waals surface area contributed by atoms with Gasteiger partial charge in [-0.2, -0.15) is 0 Å². The Labute approximate surface area is 74.8 Å². The average molecular weight is 185 g/mol. The fraction of sp³-hybridized carbons (Fsp3) is 0.333. The largest absolute Gasteiger partial charge is 0.482 e. The predicted molar refractivity (Wildman–Crippen MR) is 46.7 cm³/mol. The Morgan fingerprint density at radius 3 is 1.85 bits per heavy atom. The van der Waals surface area contributed by atoms with Crippen molar-refractivity contribution in [1.29, 1.82) is 0 Å². The lowest BCUT2D eigenvalue weighted by Crippen LogP contribution is -2.24. The molecule has 0 atom stereocenters. The molecule has 0 aliphatic heterocycles. The van der Waals surface area contributed by atoms with Gasteiger partial charge in [0.2, 0.25) is 0 Å². The summed E-state index contributed by atoms with van der Waals surface area (Å²) in [7, 11) is 0. The summed E-state index contributed by atoms with van der Waals surface area (Å²) in [6, 6.07) is 7.17. The van der Waals surface area contributed by atoms with Crippen LogP contribution in [0.1, 0.15) is 11.1 Å². The van der Waals surface area contributed by atoms with Crippen molar-refractivity contribution in [2.75, 3.05) is 0 Å². The van der Waals surface area contributed by atoms with Crippen LogP contribution >= 0.6 is 0 Å². The van der Waals surface area contributed by atoms with Gasteiger partial charge in [0.05, 0.1) is 0 Å². The first-order valence-electron chi connectivity index (χ1n) is 4.34. The summed E-state index contributed by atoms with van der Waals surface area (Å²) in [5.41, 5.74) is 1.73. The van der Waals surface area contributed by atoms with Crippen LogP contribution in [0.5, 0.6) is 0 Å². The third-order valence-corrected chi connectivity index (χ3v) is 2.62. The second-order valence-electron chi connectivity index (χ2n) is 3.56. The monoisotopic (exact) mass is 185 g/mol. The van der Waals surface area contributed by atoms with Crippen LogP contribution in [0.15, 0.2) is 24.3 Å². The van der Waals surface area contributed by atoms with Crippen molar-refractivity contribution >= 4 is 6.98 Å². The van der Waals surface area contributed by atoms with Gasteiger partial charge in [-0.15, -0.1) is 0 Å². The minimum Gasteiger partial charge on any atom is -0.449 e. The predicted octanol–water partition coefficient (Wildman–Crippen LogP) is 3.00. The summed E-state index contributed by atoms with van der Waals surface area (Å²) in [6.07, 6.45) is 0.360. The molecule has 2 rings (SSSR count). The van der Waals surface area contributed by atoms with Crippen LogP contribution in [0.4, 0.5) is 12.9 Å². The Hall–Kier alpha value is -0.925. The van der Waals surface area contributed by atoms with E-state index in [2.05, 4.69) is 0 Å². The molecule has 0 aromatic heterocycles. The Balaban J connectivity index is 2.23. The molecule has 0 saturated heterocycles. The van der Waals surface area contributed by atoms with Crippen LogP contribution in [-0.2, 0) is 12.8 Å². The standard InChI is InChI=1S/C9H9BF3/c11-10(12,13)9-5-7-3-1-2-4-8(7)6-9/h1-4,9H,5-6H2/q-1. The van der Waals surface area contributed by atoms with Crippen molar-refractivity contribution in [2.24, 2.45) is 0 Å². The fourth-order valence-electron chi connectivity index (χ4n) is 1.86. The van der Waals surface area contributed by atoms with Crippen molar-refractivity contribution in [3.8, 4) is 0 Å². The van der Waals surface area contributed by atoms with E-state index in [4.69, 9.17) is 0 Å². The second kappa shape index (κ2) is 2.79. The van der Waals surface area contributed by atoms with Gasteiger partial charge >= 0.3 is 6.98 Å². The van der Waals surface area contributed by atoms with Gasteiger partial charge in [-0.25, -0.2) is 0 Å². The molecule has 0 bridgehead atoms. The number of hydrogen-bond acceptors (Lipinski definition) is 0. The Bertz CT molecular complexity index is 294. The molecule has 13 heavy (non-hydrogen) atoms. The summed E-state index contributed by atoms with van der Waals surface area (Å²) in [5, 5.41) is 0. The van der Waals surface area contributed by atoms with Crippen molar-refractivity contribution < 1.29 is 12.9 Å². The lowest BCUT2D eigenvalue weighted by Gasteiger charge is -2.21. The van der Waals surface area contributed by atoms with E-state index >= 15 is 0 Å². The molecule has 0 N–H and O–H groups in total. The zero-order valence-corrected chi connectivity index (χ0v) is 7.01. The lowest BCUT2D eigenvalue weighted by atomic mass is 9.71. The maximum Gasteiger partial charge on any atom is 0.482 e. The number of hydrogen-bond donors (Lipinski definition) is 0. The van der Waals surface area contributed by atoms with E-state index in [1.54, 1.807) is 24.3 Å². The first kappa shape index (κ1) is 8.66. The number of rotatable bonds is 1. The fourth-order valence-corrected chi connectivity index (χ4v) is 1.86. The van der Waals surface area contributed by atoms with Gasteiger partial charge in [0.15, 0.2) is 0 Å². The highest BCUT2D eigenvalue weighted by Crippen LogP contribution is 2.39. The molecule has 1 aromatic carbocycles.